The largest absolute Gasteiger partial charge is 0.396 e. The molecular weight excluding hydrogens is 182 g/mol. The van der Waals surface area contributed by atoms with E-state index < -0.39 is 0 Å². The van der Waals surface area contributed by atoms with Crippen molar-refractivity contribution in [3.05, 3.63) is 22.7 Å². The number of rotatable bonds is 0. The number of H-pyrrole nitrogens is 1. The third kappa shape index (κ3) is 1.14. The number of nitrogens with zero attached hydrogens (tertiary/aromatic N) is 1. The predicted octanol–water partition coefficient (Wildman–Crippen LogP) is 1.48. The first-order valence-electron chi connectivity index (χ1n) is 3.83. The molecule has 2 rings (SSSR count). The van der Waals surface area contributed by atoms with Gasteiger partial charge in [0.25, 0.3) is 4.83 Å². The Bertz CT molecular complexity index is 507. The number of thiophene rings is 1. The second kappa shape index (κ2) is 2.71. The first kappa shape index (κ1) is 8.02. The minimum atomic E-state index is 0.580. The van der Waals surface area contributed by atoms with E-state index in [0.29, 0.717) is 10.6 Å². The summed E-state index contributed by atoms with van der Waals surface area (Å²) in [5, 5.41) is 9.69. The molecule has 0 aromatic carbocycles. The molecule has 2 aromatic rings. The van der Waals surface area contributed by atoms with Crippen LogP contribution in [-0.4, -0.2) is 0 Å². The smallest absolute Gasteiger partial charge is 0.270 e. The molecule has 2 heterocycles. The highest BCUT2D eigenvalue weighted by Crippen LogP contribution is 2.29. The van der Waals surface area contributed by atoms with Crippen molar-refractivity contribution in [3.63, 3.8) is 0 Å². The second-order valence-electron chi connectivity index (χ2n) is 2.84. The number of hydrogen-bond acceptors (Lipinski definition) is 3. The first-order valence-corrected chi connectivity index (χ1v) is 4.65. The Balaban J connectivity index is 2.86. The number of nitrogens with one attached hydrogen (secondary N) is 1. The minimum absolute atomic E-state index is 0.580. The van der Waals surface area contributed by atoms with Gasteiger partial charge in [0.2, 0.25) is 0 Å². The fourth-order valence-corrected chi connectivity index (χ4v) is 2.20. The maximum Gasteiger partial charge on any atom is 0.270 e. The Morgan fingerprint density at radius 3 is 3.00 bits per heavy atom. The van der Waals surface area contributed by atoms with Gasteiger partial charge in [0, 0.05) is 13.0 Å². The van der Waals surface area contributed by atoms with Gasteiger partial charge in [-0.05, 0) is 6.07 Å². The molecule has 0 saturated heterocycles. The molecule has 0 radical (unpaired) electrons. The molecule has 0 amide bonds. The summed E-state index contributed by atoms with van der Waals surface area (Å²) in [6, 6.07) is 5.97. The number of nitrogens with two attached hydrogens (primary N) is 1. The summed E-state index contributed by atoms with van der Waals surface area (Å²) in [5.74, 6) is 0. The number of pyridine rings is 1. The van der Waals surface area contributed by atoms with Crippen LogP contribution in [-0.2, 0) is 0 Å². The summed E-state index contributed by atoms with van der Waals surface area (Å²) < 4.78 is 0. The summed E-state index contributed by atoms with van der Waals surface area (Å²) in [6.45, 7) is 1.97. The van der Waals surface area contributed by atoms with E-state index in [1.807, 2.05) is 19.1 Å². The van der Waals surface area contributed by atoms with E-state index in [4.69, 9.17) is 11.0 Å². The van der Waals surface area contributed by atoms with Crippen LogP contribution in [0.4, 0.5) is 5.69 Å². The molecule has 3 N–H and O–H groups in total. The lowest BCUT2D eigenvalue weighted by atomic mass is 10.2. The number of hydrogen-bond donors (Lipinski definition) is 1. The molecule has 13 heavy (non-hydrogen) atoms. The molecule has 0 spiro atoms. The average molecular weight is 190 g/mol. The molecule has 0 fully saturated rings. The Morgan fingerprint density at radius 1 is 1.54 bits per heavy atom. The molecular formula is C9H8N3S+. The lowest BCUT2D eigenvalue weighted by molar-refractivity contribution is -0.351. The molecule has 0 aliphatic rings. The van der Waals surface area contributed by atoms with E-state index in [0.717, 1.165) is 15.9 Å². The summed E-state index contributed by atoms with van der Waals surface area (Å²) in [4.78, 5) is 4.72. The van der Waals surface area contributed by atoms with Gasteiger partial charge in [0.15, 0.2) is 5.69 Å². The zero-order valence-electron chi connectivity index (χ0n) is 7.09. The summed E-state index contributed by atoms with van der Waals surface area (Å²) in [6.07, 6.45) is 0. The van der Waals surface area contributed by atoms with Crippen LogP contribution in [0.15, 0.2) is 12.1 Å². The highest BCUT2D eigenvalue weighted by Gasteiger charge is 2.13. The number of anilines is 1. The molecule has 0 saturated carbocycles. The van der Waals surface area contributed by atoms with Crippen LogP contribution in [0.2, 0.25) is 0 Å². The van der Waals surface area contributed by atoms with Crippen molar-refractivity contribution in [1.29, 1.82) is 5.26 Å². The molecule has 0 aliphatic heterocycles. The highest BCUT2D eigenvalue weighted by molar-refractivity contribution is 7.19. The van der Waals surface area contributed by atoms with Crippen molar-refractivity contribution in [1.82, 2.24) is 0 Å². The lowest BCUT2D eigenvalue weighted by Crippen LogP contribution is -2.05. The van der Waals surface area contributed by atoms with E-state index in [9.17, 15) is 0 Å². The summed E-state index contributed by atoms with van der Waals surface area (Å²) >= 11 is 1.40. The van der Waals surface area contributed by atoms with Crippen molar-refractivity contribution >= 4 is 27.2 Å². The van der Waals surface area contributed by atoms with Crippen LogP contribution in [0, 0.1) is 18.3 Å². The molecule has 0 atom stereocenters. The minimum Gasteiger partial charge on any atom is -0.396 e. The topological polar surface area (TPSA) is 64.0 Å². The van der Waals surface area contributed by atoms with Gasteiger partial charge >= 0.3 is 0 Å². The van der Waals surface area contributed by atoms with Crippen LogP contribution in [0.5, 0.6) is 0 Å². The fraction of sp³-hybridized carbons (Fsp3) is 0.111. The first-order chi connectivity index (χ1) is 6.22. The number of fused-ring (bicyclic) bond motifs is 1. The van der Waals surface area contributed by atoms with Gasteiger partial charge in [0.05, 0.1) is 11.1 Å². The zero-order valence-corrected chi connectivity index (χ0v) is 7.90. The maximum atomic E-state index is 8.76. The Hall–Kier alpha value is -1.60. The zero-order chi connectivity index (χ0) is 9.42. The van der Waals surface area contributed by atoms with Crippen molar-refractivity contribution in [2.75, 3.05) is 5.73 Å². The number of aryl methyl sites for hydroxylation is 1. The Labute approximate surface area is 79.4 Å². The van der Waals surface area contributed by atoms with Crippen molar-refractivity contribution < 1.29 is 4.98 Å². The van der Waals surface area contributed by atoms with Crippen LogP contribution >= 0.6 is 11.3 Å². The second-order valence-corrected chi connectivity index (χ2v) is 3.86. The van der Waals surface area contributed by atoms with E-state index >= 15 is 0 Å². The lowest BCUT2D eigenvalue weighted by Gasteiger charge is -1.86. The van der Waals surface area contributed by atoms with Gasteiger partial charge in [-0.1, -0.05) is 11.3 Å². The van der Waals surface area contributed by atoms with Crippen molar-refractivity contribution in [3.8, 4) is 6.07 Å². The molecule has 3 nitrogen and oxygen atoms in total. The molecule has 0 aliphatic carbocycles. The number of aromatic amines is 1. The van der Waals surface area contributed by atoms with Gasteiger partial charge in [-0.2, -0.15) is 10.2 Å². The molecule has 0 bridgehead atoms. The van der Waals surface area contributed by atoms with Crippen LogP contribution in [0.3, 0.4) is 0 Å². The van der Waals surface area contributed by atoms with E-state index in [1.54, 1.807) is 0 Å². The SMILES string of the molecule is Cc1ccc2c(N)c(C#N)sc2[nH+]1. The highest BCUT2D eigenvalue weighted by atomic mass is 32.1. The standard InChI is InChI=1S/C9H7N3S/c1-5-2-3-6-8(11)7(4-10)13-9(6)12-5/h2-3H,11H2,1H3/p+1. The molecule has 0 unspecified atom stereocenters. The summed E-state index contributed by atoms with van der Waals surface area (Å²) in [7, 11) is 0. The monoisotopic (exact) mass is 190 g/mol. The molecule has 64 valence electrons. The van der Waals surface area contributed by atoms with Gasteiger partial charge in [-0.3, -0.25) is 0 Å². The number of aromatic nitrogens is 1. The maximum absolute atomic E-state index is 8.76. The average Bonchev–Trinajstić information content (AvgIpc) is 2.42. The van der Waals surface area contributed by atoms with Crippen LogP contribution < -0.4 is 10.7 Å². The van der Waals surface area contributed by atoms with Gasteiger partial charge < -0.3 is 5.73 Å². The van der Waals surface area contributed by atoms with Crippen molar-refractivity contribution in [2.45, 2.75) is 6.92 Å². The Kier molecular flexibility index (Phi) is 1.67. The third-order valence-corrected chi connectivity index (χ3v) is 2.94. The molecule has 4 heteroatoms. The fourth-order valence-electron chi connectivity index (χ4n) is 1.23. The number of nitrogen functional groups attached to an aromatic ring is 1. The van der Waals surface area contributed by atoms with Gasteiger partial charge in [-0.25, -0.2) is 0 Å². The van der Waals surface area contributed by atoms with E-state index in [1.165, 1.54) is 11.3 Å². The predicted molar refractivity (Wildman–Crippen MR) is 52.2 cm³/mol. The van der Waals surface area contributed by atoms with E-state index in [-0.39, 0.29) is 0 Å². The third-order valence-electron chi connectivity index (χ3n) is 1.90. The van der Waals surface area contributed by atoms with Gasteiger partial charge in [-0.15, -0.1) is 0 Å². The summed E-state index contributed by atoms with van der Waals surface area (Å²) in [5.41, 5.74) is 7.42. The van der Waals surface area contributed by atoms with E-state index in [2.05, 4.69) is 11.1 Å². The van der Waals surface area contributed by atoms with Gasteiger partial charge in [0.1, 0.15) is 10.9 Å². The van der Waals surface area contributed by atoms with Crippen LogP contribution in [0.25, 0.3) is 10.2 Å². The Morgan fingerprint density at radius 2 is 2.31 bits per heavy atom. The van der Waals surface area contributed by atoms with Crippen LogP contribution in [0.1, 0.15) is 10.6 Å². The molecule has 2 aromatic heterocycles. The van der Waals surface area contributed by atoms with Crippen molar-refractivity contribution in [2.24, 2.45) is 0 Å². The normalized spacial score (nSPS) is 10.2. The number of nitriles is 1. The quantitative estimate of drug-likeness (QED) is 0.683.